The highest BCUT2D eigenvalue weighted by Crippen LogP contribution is 2.30. The summed E-state index contributed by atoms with van der Waals surface area (Å²) in [5, 5.41) is 0. The lowest BCUT2D eigenvalue weighted by atomic mass is 9.83. The van der Waals surface area contributed by atoms with Crippen molar-refractivity contribution >= 4 is 11.8 Å². The third-order valence-electron chi connectivity index (χ3n) is 2.44. The summed E-state index contributed by atoms with van der Waals surface area (Å²) >= 11 is 0. The fourth-order valence-corrected chi connectivity index (χ4v) is 1.50. The van der Waals surface area contributed by atoms with Gasteiger partial charge in [0.1, 0.15) is 0 Å². The molecule has 1 heterocycles. The highest BCUT2D eigenvalue weighted by atomic mass is 16.2. The molecule has 2 amide bonds. The predicted molar refractivity (Wildman–Crippen MR) is 48.8 cm³/mol. The number of likely N-dealkylation sites (tertiary alicyclic amines) is 1. The molecule has 0 spiro atoms. The van der Waals surface area contributed by atoms with Crippen molar-refractivity contribution in [1.82, 2.24) is 4.90 Å². The van der Waals surface area contributed by atoms with Crippen LogP contribution in [-0.4, -0.2) is 29.8 Å². The highest BCUT2D eigenvalue weighted by Gasteiger charge is 2.39. The molecule has 0 aromatic heterocycles. The number of imide groups is 1. The number of hydrogen-bond donors (Lipinski definition) is 1. The van der Waals surface area contributed by atoms with Crippen LogP contribution in [0.1, 0.15) is 26.7 Å². The average molecular weight is 184 g/mol. The minimum atomic E-state index is -0.400. The van der Waals surface area contributed by atoms with Crippen LogP contribution in [0.3, 0.4) is 0 Å². The zero-order valence-corrected chi connectivity index (χ0v) is 8.17. The summed E-state index contributed by atoms with van der Waals surface area (Å²) in [5.74, 6) is -0.177. The Morgan fingerprint density at radius 2 is 2.08 bits per heavy atom. The first kappa shape index (κ1) is 10.2. The molecule has 0 aromatic rings. The van der Waals surface area contributed by atoms with Gasteiger partial charge in [-0.1, -0.05) is 13.8 Å². The average Bonchev–Trinajstić information content (AvgIpc) is 2.07. The van der Waals surface area contributed by atoms with Gasteiger partial charge in [-0.15, -0.1) is 0 Å². The van der Waals surface area contributed by atoms with Crippen molar-refractivity contribution in [2.24, 2.45) is 11.1 Å². The highest BCUT2D eigenvalue weighted by molar-refractivity contribution is 6.00. The fourth-order valence-electron chi connectivity index (χ4n) is 1.50. The van der Waals surface area contributed by atoms with Gasteiger partial charge in [-0.05, 0) is 6.42 Å². The normalized spacial score (nSPS) is 22.2. The van der Waals surface area contributed by atoms with Crippen LogP contribution < -0.4 is 5.73 Å². The lowest BCUT2D eigenvalue weighted by molar-refractivity contribution is -0.155. The number of carbonyl (C=O) groups is 2. The first-order chi connectivity index (χ1) is 5.99. The SMILES string of the molecule is CC1(C)CCC(=O)N(CCN)C1=O. The largest absolute Gasteiger partial charge is 0.329 e. The zero-order chi connectivity index (χ0) is 10.1. The van der Waals surface area contributed by atoms with E-state index >= 15 is 0 Å². The Morgan fingerprint density at radius 1 is 1.46 bits per heavy atom. The number of nitrogens with two attached hydrogens (primary N) is 1. The Kier molecular flexibility index (Phi) is 2.71. The third-order valence-corrected chi connectivity index (χ3v) is 2.44. The number of nitrogens with zero attached hydrogens (tertiary/aromatic N) is 1. The molecule has 1 aliphatic rings. The van der Waals surface area contributed by atoms with Gasteiger partial charge in [-0.25, -0.2) is 0 Å². The van der Waals surface area contributed by atoms with E-state index < -0.39 is 5.41 Å². The van der Waals surface area contributed by atoms with E-state index in [0.29, 0.717) is 25.9 Å². The molecule has 0 aliphatic carbocycles. The van der Waals surface area contributed by atoms with Crippen molar-refractivity contribution in [3.05, 3.63) is 0 Å². The fraction of sp³-hybridized carbons (Fsp3) is 0.778. The second-order valence-electron chi connectivity index (χ2n) is 4.02. The van der Waals surface area contributed by atoms with Gasteiger partial charge >= 0.3 is 0 Å². The monoisotopic (exact) mass is 184 g/mol. The van der Waals surface area contributed by atoms with Crippen molar-refractivity contribution in [3.63, 3.8) is 0 Å². The number of rotatable bonds is 2. The number of carbonyl (C=O) groups excluding carboxylic acids is 2. The van der Waals surface area contributed by atoms with E-state index in [2.05, 4.69) is 0 Å². The van der Waals surface area contributed by atoms with Gasteiger partial charge in [-0.3, -0.25) is 14.5 Å². The molecule has 4 nitrogen and oxygen atoms in total. The van der Waals surface area contributed by atoms with E-state index in [1.165, 1.54) is 4.90 Å². The Balaban J connectivity index is 2.79. The van der Waals surface area contributed by atoms with Gasteiger partial charge in [-0.2, -0.15) is 0 Å². The molecular formula is C9H16N2O2. The van der Waals surface area contributed by atoms with Crippen LogP contribution in [0.2, 0.25) is 0 Å². The quantitative estimate of drug-likeness (QED) is 0.620. The molecule has 0 unspecified atom stereocenters. The molecule has 0 saturated carbocycles. The van der Waals surface area contributed by atoms with Gasteiger partial charge in [0.15, 0.2) is 0 Å². The maximum atomic E-state index is 11.7. The molecule has 4 heteroatoms. The van der Waals surface area contributed by atoms with Crippen LogP contribution in [0, 0.1) is 5.41 Å². The summed E-state index contributed by atoms with van der Waals surface area (Å²) in [4.78, 5) is 24.3. The van der Waals surface area contributed by atoms with Gasteiger partial charge < -0.3 is 5.73 Å². The summed E-state index contributed by atoms with van der Waals surface area (Å²) in [6, 6.07) is 0. The van der Waals surface area contributed by atoms with Crippen molar-refractivity contribution in [2.75, 3.05) is 13.1 Å². The van der Waals surface area contributed by atoms with E-state index in [1.807, 2.05) is 13.8 Å². The lowest BCUT2D eigenvalue weighted by Crippen LogP contribution is -2.50. The molecule has 13 heavy (non-hydrogen) atoms. The third kappa shape index (κ3) is 1.88. The summed E-state index contributed by atoms with van der Waals surface area (Å²) < 4.78 is 0. The van der Waals surface area contributed by atoms with Crippen molar-refractivity contribution in [1.29, 1.82) is 0 Å². The smallest absolute Gasteiger partial charge is 0.234 e. The lowest BCUT2D eigenvalue weighted by Gasteiger charge is -2.35. The Morgan fingerprint density at radius 3 is 2.62 bits per heavy atom. The van der Waals surface area contributed by atoms with Crippen LogP contribution in [0.15, 0.2) is 0 Å². The molecule has 0 aromatic carbocycles. The van der Waals surface area contributed by atoms with Gasteiger partial charge in [0, 0.05) is 24.9 Å². The number of amides is 2. The van der Waals surface area contributed by atoms with Crippen molar-refractivity contribution < 1.29 is 9.59 Å². The first-order valence-electron chi connectivity index (χ1n) is 4.54. The second kappa shape index (κ2) is 3.46. The summed E-state index contributed by atoms with van der Waals surface area (Å²) in [6.45, 7) is 4.42. The van der Waals surface area contributed by atoms with Crippen LogP contribution in [0.4, 0.5) is 0 Å². The summed E-state index contributed by atoms with van der Waals surface area (Å²) in [7, 11) is 0. The van der Waals surface area contributed by atoms with Crippen LogP contribution in [0.25, 0.3) is 0 Å². The number of piperidine rings is 1. The summed E-state index contributed by atoms with van der Waals surface area (Å²) in [5.41, 5.74) is 4.93. The molecule has 0 radical (unpaired) electrons. The standard InChI is InChI=1S/C9H16N2O2/c1-9(2)4-3-7(12)11(6-5-10)8(9)13/h3-6,10H2,1-2H3. The van der Waals surface area contributed by atoms with E-state index in [9.17, 15) is 9.59 Å². The molecule has 1 rings (SSSR count). The van der Waals surface area contributed by atoms with Gasteiger partial charge in [0.05, 0.1) is 0 Å². The topological polar surface area (TPSA) is 63.4 Å². The molecule has 0 bridgehead atoms. The van der Waals surface area contributed by atoms with E-state index in [1.54, 1.807) is 0 Å². The molecule has 1 aliphatic heterocycles. The predicted octanol–water partition coefficient (Wildman–Crippen LogP) is 0.120. The minimum Gasteiger partial charge on any atom is -0.329 e. The second-order valence-corrected chi connectivity index (χ2v) is 4.02. The van der Waals surface area contributed by atoms with E-state index in [0.717, 1.165) is 0 Å². The minimum absolute atomic E-state index is 0.0882. The van der Waals surface area contributed by atoms with Crippen molar-refractivity contribution in [2.45, 2.75) is 26.7 Å². The Bertz CT molecular complexity index is 236. The maximum Gasteiger partial charge on any atom is 0.234 e. The van der Waals surface area contributed by atoms with Gasteiger partial charge in [0.2, 0.25) is 11.8 Å². The van der Waals surface area contributed by atoms with Crippen LogP contribution >= 0.6 is 0 Å². The molecule has 0 atom stereocenters. The van der Waals surface area contributed by atoms with Crippen LogP contribution in [0.5, 0.6) is 0 Å². The zero-order valence-electron chi connectivity index (χ0n) is 8.17. The molecular weight excluding hydrogens is 168 g/mol. The maximum absolute atomic E-state index is 11.7. The van der Waals surface area contributed by atoms with Crippen LogP contribution in [-0.2, 0) is 9.59 Å². The Hall–Kier alpha value is -0.900. The molecule has 1 saturated heterocycles. The van der Waals surface area contributed by atoms with E-state index in [-0.39, 0.29) is 11.8 Å². The first-order valence-corrected chi connectivity index (χ1v) is 4.54. The van der Waals surface area contributed by atoms with Crippen molar-refractivity contribution in [3.8, 4) is 0 Å². The molecule has 2 N–H and O–H groups in total. The molecule has 1 fully saturated rings. The van der Waals surface area contributed by atoms with Gasteiger partial charge in [0.25, 0.3) is 0 Å². The molecule has 74 valence electrons. The van der Waals surface area contributed by atoms with E-state index in [4.69, 9.17) is 5.73 Å². The number of hydrogen-bond acceptors (Lipinski definition) is 3. The Labute approximate surface area is 78.1 Å². The summed E-state index contributed by atoms with van der Waals surface area (Å²) in [6.07, 6.45) is 1.10.